The molecule has 0 saturated heterocycles. The molecule has 0 rings (SSSR count). The normalized spacial score (nSPS) is 12.8. The molecule has 1 amide bonds. The van der Waals surface area contributed by atoms with Gasteiger partial charge in [0.25, 0.3) is 0 Å². The van der Waals surface area contributed by atoms with Crippen LogP contribution in [0.2, 0.25) is 0 Å². The van der Waals surface area contributed by atoms with E-state index in [-0.39, 0.29) is 18.5 Å². The summed E-state index contributed by atoms with van der Waals surface area (Å²) in [6.07, 6.45) is 57.1. The van der Waals surface area contributed by atoms with Crippen molar-refractivity contribution in [3.05, 3.63) is 24.3 Å². The average molecular weight is 832 g/mol. The average Bonchev–Trinajstić information content (AvgIpc) is 3.24. The van der Waals surface area contributed by atoms with Crippen LogP contribution in [0.1, 0.15) is 277 Å². The number of aliphatic hydroxyl groups is 2. The van der Waals surface area contributed by atoms with Gasteiger partial charge in [-0.25, -0.2) is 0 Å². The van der Waals surface area contributed by atoms with Crippen LogP contribution in [0.5, 0.6) is 0 Å². The highest BCUT2D eigenvalue weighted by molar-refractivity contribution is 5.76. The largest absolute Gasteiger partial charge is 0.466 e. The van der Waals surface area contributed by atoms with E-state index in [9.17, 15) is 19.8 Å². The maximum atomic E-state index is 12.4. The molecular formula is C53H101NO5. The number of hydrogen-bond acceptors (Lipinski definition) is 5. The number of esters is 1. The number of rotatable bonds is 48. The minimum atomic E-state index is -0.669. The van der Waals surface area contributed by atoms with Crippen LogP contribution in [0.15, 0.2) is 24.3 Å². The molecule has 59 heavy (non-hydrogen) atoms. The van der Waals surface area contributed by atoms with Gasteiger partial charge in [0.1, 0.15) is 0 Å². The number of hydrogen-bond donors (Lipinski definition) is 3. The summed E-state index contributed by atoms with van der Waals surface area (Å²) in [7, 11) is 0. The summed E-state index contributed by atoms with van der Waals surface area (Å²) in [4.78, 5) is 24.5. The van der Waals surface area contributed by atoms with Gasteiger partial charge in [-0.2, -0.15) is 0 Å². The Balaban J connectivity index is 3.43. The van der Waals surface area contributed by atoms with Crippen LogP contribution < -0.4 is 5.32 Å². The van der Waals surface area contributed by atoms with E-state index in [1.807, 2.05) is 0 Å². The summed E-state index contributed by atoms with van der Waals surface area (Å²) in [6, 6.07) is -0.547. The number of ether oxygens (including phenoxy) is 1. The van der Waals surface area contributed by atoms with Gasteiger partial charge in [-0.1, -0.05) is 231 Å². The highest BCUT2D eigenvalue weighted by atomic mass is 16.5. The standard InChI is InChI=1S/C53H101NO5/c1-3-5-7-9-11-13-15-17-19-23-27-31-35-39-43-47-53(58)59-48-44-40-36-32-28-24-21-18-20-22-26-30-34-38-42-46-52(57)54-50(49-55)51(56)45-41-37-33-29-25-16-14-12-10-8-6-4-2/h11,13,17,19,50-51,55-56H,3-10,12,14-16,18,20-49H2,1-2H3,(H,54,57)/b13-11-,19-17-. The summed E-state index contributed by atoms with van der Waals surface area (Å²) < 4.78 is 5.46. The quantitative estimate of drug-likeness (QED) is 0.0322. The van der Waals surface area contributed by atoms with Crippen LogP contribution in [0.4, 0.5) is 0 Å². The number of carbonyl (C=O) groups excluding carboxylic acids is 2. The third kappa shape index (κ3) is 45.7. The highest BCUT2D eigenvalue weighted by Crippen LogP contribution is 2.16. The second-order valence-corrected chi connectivity index (χ2v) is 17.9. The van der Waals surface area contributed by atoms with Crippen LogP contribution in [0.25, 0.3) is 0 Å². The molecular weight excluding hydrogens is 731 g/mol. The number of unbranched alkanes of at least 4 members (excludes halogenated alkanes) is 33. The molecule has 6 heteroatoms. The number of amides is 1. The second kappa shape index (κ2) is 49.0. The molecule has 348 valence electrons. The topological polar surface area (TPSA) is 95.9 Å². The van der Waals surface area contributed by atoms with Crippen molar-refractivity contribution < 1.29 is 24.5 Å². The van der Waals surface area contributed by atoms with E-state index in [0.29, 0.717) is 25.9 Å². The Bertz CT molecular complexity index is 920. The van der Waals surface area contributed by atoms with E-state index in [2.05, 4.69) is 43.5 Å². The minimum Gasteiger partial charge on any atom is -0.466 e. The van der Waals surface area contributed by atoms with Crippen LogP contribution in [-0.4, -0.2) is 47.4 Å². The Kier molecular flexibility index (Phi) is 47.6. The molecule has 0 aliphatic rings. The van der Waals surface area contributed by atoms with Crippen molar-refractivity contribution in [3.8, 4) is 0 Å². The summed E-state index contributed by atoms with van der Waals surface area (Å²) in [5.41, 5.74) is 0. The summed E-state index contributed by atoms with van der Waals surface area (Å²) in [6.45, 7) is 4.90. The molecule has 0 aromatic heterocycles. The number of carbonyl (C=O) groups is 2. The Hall–Kier alpha value is -1.66. The Morgan fingerprint density at radius 2 is 0.847 bits per heavy atom. The van der Waals surface area contributed by atoms with E-state index in [1.165, 1.54) is 186 Å². The fourth-order valence-electron chi connectivity index (χ4n) is 7.96. The van der Waals surface area contributed by atoms with Gasteiger partial charge in [0.15, 0.2) is 0 Å². The van der Waals surface area contributed by atoms with Gasteiger partial charge < -0.3 is 20.3 Å². The minimum absolute atomic E-state index is 0.0135. The van der Waals surface area contributed by atoms with Crippen molar-refractivity contribution in [2.24, 2.45) is 0 Å². The molecule has 0 aromatic rings. The van der Waals surface area contributed by atoms with Gasteiger partial charge in [0.2, 0.25) is 5.91 Å². The molecule has 0 saturated carbocycles. The number of allylic oxidation sites excluding steroid dienone is 4. The van der Waals surface area contributed by atoms with E-state index in [1.54, 1.807) is 0 Å². The predicted molar refractivity (Wildman–Crippen MR) is 255 cm³/mol. The molecule has 0 bridgehead atoms. The molecule has 0 spiro atoms. The van der Waals surface area contributed by atoms with Crippen molar-refractivity contribution in [2.75, 3.05) is 13.2 Å². The zero-order chi connectivity index (χ0) is 43.0. The molecule has 0 aliphatic carbocycles. The first-order chi connectivity index (χ1) is 29.0. The van der Waals surface area contributed by atoms with Gasteiger partial charge >= 0.3 is 5.97 Å². The molecule has 0 aliphatic heterocycles. The van der Waals surface area contributed by atoms with Crippen molar-refractivity contribution in [1.82, 2.24) is 5.32 Å². The van der Waals surface area contributed by atoms with Crippen LogP contribution in [0, 0.1) is 0 Å². The van der Waals surface area contributed by atoms with E-state index in [4.69, 9.17) is 4.74 Å². The van der Waals surface area contributed by atoms with E-state index >= 15 is 0 Å². The van der Waals surface area contributed by atoms with Crippen molar-refractivity contribution in [2.45, 2.75) is 289 Å². The Morgan fingerprint density at radius 1 is 0.475 bits per heavy atom. The zero-order valence-corrected chi connectivity index (χ0v) is 39.5. The second-order valence-electron chi connectivity index (χ2n) is 17.9. The van der Waals surface area contributed by atoms with Crippen molar-refractivity contribution >= 4 is 11.9 Å². The lowest BCUT2D eigenvalue weighted by atomic mass is 10.0. The van der Waals surface area contributed by atoms with Gasteiger partial charge in [0, 0.05) is 12.8 Å². The first-order valence-electron chi connectivity index (χ1n) is 26.1. The first-order valence-corrected chi connectivity index (χ1v) is 26.1. The third-order valence-electron chi connectivity index (χ3n) is 12.0. The van der Waals surface area contributed by atoms with E-state index in [0.717, 1.165) is 57.8 Å². The first kappa shape index (κ1) is 57.3. The third-order valence-corrected chi connectivity index (χ3v) is 12.0. The summed E-state index contributed by atoms with van der Waals surface area (Å²) in [5, 5.41) is 23.2. The lowest BCUT2D eigenvalue weighted by molar-refractivity contribution is -0.143. The number of aliphatic hydroxyl groups excluding tert-OH is 2. The lowest BCUT2D eigenvalue weighted by Gasteiger charge is -2.22. The maximum absolute atomic E-state index is 12.4. The highest BCUT2D eigenvalue weighted by Gasteiger charge is 2.20. The molecule has 3 N–H and O–H groups in total. The lowest BCUT2D eigenvalue weighted by Crippen LogP contribution is -2.45. The predicted octanol–water partition coefficient (Wildman–Crippen LogP) is 15.5. The van der Waals surface area contributed by atoms with Crippen LogP contribution >= 0.6 is 0 Å². The Morgan fingerprint density at radius 3 is 1.32 bits per heavy atom. The summed E-state index contributed by atoms with van der Waals surface area (Å²) >= 11 is 0. The fraction of sp³-hybridized carbons (Fsp3) is 0.887. The SMILES string of the molecule is CCCCC/C=C\C/C=C\CCCCCCCC(=O)OCCCCCCCCCCCCCCCCCC(=O)NC(CO)C(O)CCCCCCCCCCCCCC. The zero-order valence-electron chi connectivity index (χ0n) is 39.5. The van der Waals surface area contributed by atoms with Gasteiger partial charge in [-0.3, -0.25) is 9.59 Å². The maximum Gasteiger partial charge on any atom is 0.305 e. The van der Waals surface area contributed by atoms with Crippen LogP contribution in [0.3, 0.4) is 0 Å². The fourth-order valence-corrected chi connectivity index (χ4v) is 7.96. The molecule has 2 atom stereocenters. The van der Waals surface area contributed by atoms with Crippen molar-refractivity contribution in [3.63, 3.8) is 0 Å². The van der Waals surface area contributed by atoms with Gasteiger partial charge in [-0.05, 0) is 57.8 Å². The summed E-state index contributed by atoms with van der Waals surface area (Å²) in [5.74, 6) is -0.0582. The monoisotopic (exact) mass is 832 g/mol. The van der Waals surface area contributed by atoms with Crippen molar-refractivity contribution in [1.29, 1.82) is 0 Å². The molecule has 6 nitrogen and oxygen atoms in total. The molecule has 0 fully saturated rings. The number of nitrogens with one attached hydrogen (secondary N) is 1. The van der Waals surface area contributed by atoms with E-state index < -0.39 is 12.1 Å². The van der Waals surface area contributed by atoms with Gasteiger partial charge in [0.05, 0.1) is 25.4 Å². The molecule has 0 heterocycles. The molecule has 2 unspecified atom stereocenters. The Labute approximate surface area is 367 Å². The van der Waals surface area contributed by atoms with Crippen LogP contribution in [-0.2, 0) is 14.3 Å². The van der Waals surface area contributed by atoms with Gasteiger partial charge in [-0.15, -0.1) is 0 Å². The smallest absolute Gasteiger partial charge is 0.305 e. The molecule has 0 aromatic carbocycles. The molecule has 0 radical (unpaired) electrons.